The minimum absolute atomic E-state index is 0.451. The maximum atomic E-state index is 10.5. The van der Waals surface area contributed by atoms with Gasteiger partial charge in [0.05, 0.1) is 38.9 Å². The predicted octanol–water partition coefficient (Wildman–Crippen LogP) is 8.78. The van der Waals surface area contributed by atoms with Crippen LogP contribution >= 0.6 is 0 Å². The summed E-state index contributed by atoms with van der Waals surface area (Å²) in [6.45, 7) is 0. The molecular formula is C36H20N4. The molecule has 0 spiro atoms. The number of hydrogen-bond acceptors (Lipinski definition) is 2. The van der Waals surface area contributed by atoms with E-state index < -0.39 is 0 Å². The Morgan fingerprint density at radius 1 is 0.450 bits per heavy atom. The van der Waals surface area contributed by atoms with Gasteiger partial charge in [-0.1, -0.05) is 84.9 Å². The fraction of sp³-hybridized carbons (Fsp3) is 0. The SMILES string of the molecule is N#Cc1cc(-n2c3ccccc3c3c4ccccc4ccc32)cc(C#N)c1-n1c2ccccc2c2ccccc21. The van der Waals surface area contributed by atoms with E-state index in [2.05, 4.69) is 88.0 Å². The van der Waals surface area contributed by atoms with Crippen LogP contribution in [-0.2, 0) is 0 Å². The summed E-state index contributed by atoms with van der Waals surface area (Å²) in [5.41, 5.74) is 6.31. The molecule has 184 valence electrons. The minimum Gasteiger partial charge on any atom is -0.309 e. The van der Waals surface area contributed by atoms with Gasteiger partial charge in [0.25, 0.3) is 0 Å². The highest BCUT2D eigenvalue weighted by Crippen LogP contribution is 2.39. The molecule has 2 heterocycles. The lowest BCUT2D eigenvalue weighted by atomic mass is 10.0. The molecule has 8 rings (SSSR count). The molecular weight excluding hydrogens is 488 g/mol. The summed E-state index contributed by atoms with van der Waals surface area (Å²) in [7, 11) is 0. The van der Waals surface area contributed by atoms with E-state index in [1.165, 1.54) is 10.8 Å². The Morgan fingerprint density at radius 2 is 0.950 bits per heavy atom. The third-order valence-corrected chi connectivity index (χ3v) is 7.96. The molecule has 0 aliphatic carbocycles. The van der Waals surface area contributed by atoms with Crippen molar-refractivity contribution in [1.82, 2.24) is 9.13 Å². The highest BCUT2D eigenvalue weighted by atomic mass is 15.0. The van der Waals surface area contributed by atoms with Gasteiger partial charge in [0.1, 0.15) is 12.1 Å². The van der Waals surface area contributed by atoms with Gasteiger partial charge in [-0.15, -0.1) is 0 Å². The lowest BCUT2D eigenvalue weighted by molar-refractivity contribution is 1.12. The van der Waals surface area contributed by atoms with Crippen molar-refractivity contribution in [2.45, 2.75) is 0 Å². The smallest absolute Gasteiger partial charge is 0.101 e. The lowest BCUT2D eigenvalue weighted by Gasteiger charge is -2.15. The predicted molar refractivity (Wildman–Crippen MR) is 162 cm³/mol. The standard InChI is InChI=1S/C36H20N4/c37-21-24-19-26(39-33-16-8-5-13-30(33)35-27-10-2-1-9-23(27)17-18-34(35)39)20-25(22-38)36(24)40-31-14-6-3-11-28(31)29-12-4-7-15-32(29)40/h1-20H. The summed E-state index contributed by atoms with van der Waals surface area (Å²) < 4.78 is 4.24. The number of benzene rings is 6. The van der Waals surface area contributed by atoms with Crippen molar-refractivity contribution in [1.29, 1.82) is 10.5 Å². The zero-order valence-electron chi connectivity index (χ0n) is 21.3. The molecule has 0 bridgehead atoms. The number of aromatic nitrogens is 2. The van der Waals surface area contributed by atoms with Crippen molar-refractivity contribution in [3.63, 3.8) is 0 Å². The quantitative estimate of drug-likeness (QED) is 0.234. The fourth-order valence-corrected chi connectivity index (χ4v) is 6.34. The summed E-state index contributed by atoms with van der Waals surface area (Å²) >= 11 is 0. The average Bonchev–Trinajstić information content (AvgIpc) is 3.53. The van der Waals surface area contributed by atoms with E-state index in [1.54, 1.807) is 0 Å². The lowest BCUT2D eigenvalue weighted by Crippen LogP contribution is -2.04. The van der Waals surface area contributed by atoms with E-state index in [1.807, 2.05) is 54.6 Å². The molecule has 2 aromatic heterocycles. The van der Waals surface area contributed by atoms with Crippen molar-refractivity contribution < 1.29 is 0 Å². The molecule has 0 atom stereocenters. The first-order valence-electron chi connectivity index (χ1n) is 13.2. The van der Waals surface area contributed by atoms with E-state index >= 15 is 0 Å². The zero-order chi connectivity index (χ0) is 26.8. The number of rotatable bonds is 2. The molecule has 6 aromatic carbocycles. The summed E-state index contributed by atoms with van der Waals surface area (Å²) in [6, 6.07) is 46.0. The van der Waals surface area contributed by atoms with Crippen LogP contribution in [0.1, 0.15) is 11.1 Å². The molecule has 40 heavy (non-hydrogen) atoms. The largest absolute Gasteiger partial charge is 0.309 e. The van der Waals surface area contributed by atoms with Gasteiger partial charge in [-0.25, -0.2) is 0 Å². The number of para-hydroxylation sites is 3. The summed E-state index contributed by atoms with van der Waals surface area (Å²) in [6.07, 6.45) is 0. The molecule has 0 aliphatic rings. The second-order valence-corrected chi connectivity index (χ2v) is 10.0. The molecule has 0 N–H and O–H groups in total. The third-order valence-electron chi connectivity index (χ3n) is 7.96. The molecule has 4 heteroatoms. The fourth-order valence-electron chi connectivity index (χ4n) is 6.34. The van der Waals surface area contributed by atoms with E-state index in [9.17, 15) is 10.5 Å². The molecule has 0 saturated heterocycles. The van der Waals surface area contributed by atoms with Gasteiger partial charge in [-0.05, 0) is 47.2 Å². The van der Waals surface area contributed by atoms with Crippen LogP contribution in [0.5, 0.6) is 0 Å². The van der Waals surface area contributed by atoms with Crippen molar-refractivity contribution in [3.05, 3.63) is 132 Å². The van der Waals surface area contributed by atoms with Gasteiger partial charge in [0.15, 0.2) is 0 Å². The topological polar surface area (TPSA) is 57.4 Å². The van der Waals surface area contributed by atoms with Crippen molar-refractivity contribution in [2.75, 3.05) is 0 Å². The monoisotopic (exact) mass is 508 g/mol. The molecule has 4 nitrogen and oxygen atoms in total. The average molecular weight is 509 g/mol. The van der Waals surface area contributed by atoms with Crippen LogP contribution in [0.15, 0.2) is 121 Å². The molecule has 0 amide bonds. The Labute approximate surface area is 229 Å². The van der Waals surface area contributed by atoms with Crippen LogP contribution in [0.2, 0.25) is 0 Å². The molecule has 0 radical (unpaired) electrons. The van der Waals surface area contributed by atoms with Crippen LogP contribution < -0.4 is 0 Å². The van der Waals surface area contributed by atoms with Gasteiger partial charge in [0.2, 0.25) is 0 Å². The van der Waals surface area contributed by atoms with Gasteiger partial charge >= 0.3 is 0 Å². The van der Waals surface area contributed by atoms with Crippen molar-refractivity contribution in [3.8, 4) is 23.5 Å². The van der Waals surface area contributed by atoms with Gasteiger partial charge in [-0.3, -0.25) is 0 Å². The van der Waals surface area contributed by atoms with Gasteiger partial charge < -0.3 is 9.13 Å². The highest BCUT2D eigenvalue weighted by Gasteiger charge is 2.21. The summed E-state index contributed by atoms with van der Waals surface area (Å²) in [4.78, 5) is 0. The zero-order valence-corrected chi connectivity index (χ0v) is 21.3. The van der Waals surface area contributed by atoms with Crippen LogP contribution in [-0.4, -0.2) is 9.13 Å². The summed E-state index contributed by atoms with van der Waals surface area (Å²) in [5, 5.41) is 27.8. The second-order valence-electron chi connectivity index (χ2n) is 10.0. The van der Waals surface area contributed by atoms with E-state index in [0.29, 0.717) is 16.8 Å². The third kappa shape index (κ3) is 2.93. The Bertz CT molecular complexity index is 2320. The molecule has 0 unspecified atom stereocenters. The Hall–Kier alpha value is -5.84. The van der Waals surface area contributed by atoms with Crippen LogP contribution in [0.3, 0.4) is 0 Å². The Kier molecular flexibility index (Phi) is 4.62. The summed E-state index contributed by atoms with van der Waals surface area (Å²) in [5.74, 6) is 0. The van der Waals surface area contributed by atoms with E-state index in [-0.39, 0.29) is 0 Å². The Balaban J connectivity index is 1.49. The van der Waals surface area contributed by atoms with Gasteiger partial charge in [-0.2, -0.15) is 10.5 Å². The van der Waals surface area contributed by atoms with Crippen molar-refractivity contribution >= 4 is 54.4 Å². The number of hydrogen-bond donors (Lipinski definition) is 0. The number of fused-ring (bicyclic) bond motifs is 8. The van der Waals surface area contributed by atoms with E-state index in [0.717, 1.165) is 49.3 Å². The first kappa shape index (κ1) is 22.2. The number of nitriles is 2. The first-order chi connectivity index (χ1) is 19.8. The van der Waals surface area contributed by atoms with Gasteiger partial charge in [0, 0.05) is 27.2 Å². The molecule has 8 aromatic rings. The minimum atomic E-state index is 0.451. The molecule has 0 aliphatic heterocycles. The van der Waals surface area contributed by atoms with E-state index in [4.69, 9.17) is 0 Å². The number of nitrogens with zero attached hydrogens (tertiary/aromatic N) is 4. The Morgan fingerprint density at radius 3 is 1.55 bits per heavy atom. The maximum Gasteiger partial charge on any atom is 0.101 e. The van der Waals surface area contributed by atoms with Crippen LogP contribution in [0, 0.1) is 22.7 Å². The first-order valence-corrected chi connectivity index (χ1v) is 13.2. The molecule has 0 saturated carbocycles. The highest BCUT2D eigenvalue weighted by molar-refractivity contribution is 6.21. The van der Waals surface area contributed by atoms with Crippen molar-refractivity contribution in [2.24, 2.45) is 0 Å². The molecule has 0 fully saturated rings. The maximum absolute atomic E-state index is 10.5. The van der Waals surface area contributed by atoms with Crippen LogP contribution in [0.4, 0.5) is 0 Å². The second kappa shape index (κ2) is 8.33. The normalized spacial score (nSPS) is 11.4. The van der Waals surface area contributed by atoms with Crippen LogP contribution in [0.25, 0.3) is 65.8 Å².